The number of hydrogen-bond acceptors (Lipinski definition) is 4. The standard InChI is InChI=1S/C26H26N2O3/c1-5-16(2)19-11-14-23-22(15-19)28-26(31-23)18-9-12-20(13-10-18)27-25(29)21-8-6-7-17(3)24(21)30-4/h6-16H,5H2,1-4H3,(H,27,29). The van der Waals surface area contributed by atoms with Crippen molar-refractivity contribution in [3.05, 3.63) is 77.4 Å². The molecule has 0 aliphatic rings. The van der Waals surface area contributed by atoms with Crippen LogP contribution in [0.25, 0.3) is 22.6 Å². The summed E-state index contributed by atoms with van der Waals surface area (Å²) >= 11 is 0. The van der Waals surface area contributed by atoms with Crippen molar-refractivity contribution in [2.45, 2.75) is 33.1 Å². The van der Waals surface area contributed by atoms with Gasteiger partial charge in [-0.05, 0) is 72.9 Å². The van der Waals surface area contributed by atoms with Crippen molar-refractivity contribution in [1.82, 2.24) is 4.98 Å². The third-order valence-electron chi connectivity index (χ3n) is 5.64. The highest BCUT2D eigenvalue weighted by atomic mass is 16.5. The first kappa shape index (κ1) is 20.7. The second-order valence-corrected chi connectivity index (χ2v) is 7.74. The number of oxazole rings is 1. The number of amides is 1. The number of carbonyl (C=O) groups is 1. The minimum absolute atomic E-state index is 0.215. The lowest BCUT2D eigenvalue weighted by Crippen LogP contribution is -2.13. The van der Waals surface area contributed by atoms with Crippen LogP contribution in [0.15, 0.2) is 65.1 Å². The van der Waals surface area contributed by atoms with E-state index >= 15 is 0 Å². The SMILES string of the molecule is CCC(C)c1ccc2oc(-c3ccc(NC(=O)c4cccc(C)c4OC)cc3)nc2c1. The van der Waals surface area contributed by atoms with Crippen LogP contribution in [-0.2, 0) is 0 Å². The zero-order valence-electron chi connectivity index (χ0n) is 18.2. The summed E-state index contributed by atoms with van der Waals surface area (Å²) in [6.07, 6.45) is 1.08. The maximum absolute atomic E-state index is 12.7. The molecule has 1 amide bonds. The van der Waals surface area contributed by atoms with Gasteiger partial charge in [0.1, 0.15) is 11.3 Å². The van der Waals surface area contributed by atoms with Crippen LogP contribution in [0.1, 0.15) is 47.7 Å². The summed E-state index contributed by atoms with van der Waals surface area (Å²) in [7, 11) is 1.57. The van der Waals surface area contributed by atoms with Crippen molar-refractivity contribution in [3.63, 3.8) is 0 Å². The number of nitrogens with one attached hydrogen (secondary N) is 1. The number of carbonyl (C=O) groups excluding carboxylic acids is 1. The third kappa shape index (κ3) is 4.17. The monoisotopic (exact) mass is 414 g/mol. The molecule has 0 fully saturated rings. The quantitative estimate of drug-likeness (QED) is 0.387. The molecule has 4 rings (SSSR count). The van der Waals surface area contributed by atoms with Crippen molar-refractivity contribution in [3.8, 4) is 17.2 Å². The fourth-order valence-corrected chi connectivity index (χ4v) is 3.61. The topological polar surface area (TPSA) is 64.4 Å². The van der Waals surface area contributed by atoms with Gasteiger partial charge in [0.25, 0.3) is 5.91 Å². The first-order valence-corrected chi connectivity index (χ1v) is 10.5. The molecule has 158 valence electrons. The van der Waals surface area contributed by atoms with Gasteiger partial charge in [0.2, 0.25) is 5.89 Å². The number of nitrogens with zero attached hydrogens (tertiary/aromatic N) is 1. The molecule has 1 atom stereocenters. The Labute approximate surface area is 182 Å². The van der Waals surface area contributed by atoms with Gasteiger partial charge in [-0.2, -0.15) is 0 Å². The molecule has 0 saturated heterocycles. The minimum Gasteiger partial charge on any atom is -0.496 e. The molecule has 1 heterocycles. The normalized spacial score (nSPS) is 12.0. The molecule has 0 aliphatic carbocycles. The largest absolute Gasteiger partial charge is 0.496 e. The molecular weight excluding hydrogens is 388 g/mol. The van der Waals surface area contributed by atoms with Crippen LogP contribution in [0.4, 0.5) is 5.69 Å². The molecular formula is C26H26N2O3. The zero-order chi connectivity index (χ0) is 22.0. The zero-order valence-corrected chi connectivity index (χ0v) is 18.2. The van der Waals surface area contributed by atoms with Crippen LogP contribution in [0.3, 0.4) is 0 Å². The van der Waals surface area contributed by atoms with E-state index < -0.39 is 0 Å². The average Bonchev–Trinajstić information content (AvgIpc) is 3.22. The highest BCUT2D eigenvalue weighted by Crippen LogP contribution is 2.29. The van der Waals surface area contributed by atoms with E-state index in [4.69, 9.17) is 9.15 Å². The highest BCUT2D eigenvalue weighted by Gasteiger charge is 2.15. The summed E-state index contributed by atoms with van der Waals surface area (Å²) < 4.78 is 11.3. The Morgan fingerprint density at radius 1 is 1.13 bits per heavy atom. The molecule has 0 aliphatic heterocycles. The van der Waals surface area contributed by atoms with E-state index in [1.165, 1.54) is 5.56 Å². The molecule has 1 N–H and O–H groups in total. The van der Waals surface area contributed by atoms with Crippen LogP contribution in [-0.4, -0.2) is 18.0 Å². The summed E-state index contributed by atoms with van der Waals surface area (Å²) in [6, 6.07) is 19.2. The van der Waals surface area contributed by atoms with Crippen molar-refractivity contribution in [2.75, 3.05) is 12.4 Å². The lowest BCUT2D eigenvalue weighted by atomic mass is 9.98. The Hall–Kier alpha value is -3.60. The van der Waals surface area contributed by atoms with Crippen molar-refractivity contribution >= 4 is 22.7 Å². The Morgan fingerprint density at radius 2 is 1.90 bits per heavy atom. The van der Waals surface area contributed by atoms with Gasteiger partial charge >= 0.3 is 0 Å². The first-order valence-electron chi connectivity index (χ1n) is 10.5. The number of hydrogen-bond donors (Lipinski definition) is 1. The molecule has 5 heteroatoms. The Balaban J connectivity index is 1.54. The maximum Gasteiger partial charge on any atom is 0.259 e. The van der Waals surface area contributed by atoms with Crippen LogP contribution in [0, 0.1) is 6.92 Å². The van der Waals surface area contributed by atoms with Gasteiger partial charge in [0, 0.05) is 11.3 Å². The second kappa shape index (κ2) is 8.64. The van der Waals surface area contributed by atoms with Gasteiger partial charge in [0.15, 0.2) is 5.58 Å². The summed E-state index contributed by atoms with van der Waals surface area (Å²) in [5, 5.41) is 2.92. The molecule has 0 bridgehead atoms. The third-order valence-corrected chi connectivity index (χ3v) is 5.64. The summed E-state index contributed by atoms with van der Waals surface area (Å²) in [4.78, 5) is 17.4. The van der Waals surface area contributed by atoms with E-state index in [0.717, 1.165) is 28.6 Å². The fourth-order valence-electron chi connectivity index (χ4n) is 3.61. The molecule has 1 unspecified atom stereocenters. The number of benzene rings is 3. The molecule has 4 aromatic rings. The van der Waals surface area contributed by atoms with Crippen LogP contribution >= 0.6 is 0 Å². The average molecular weight is 415 g/mol. The molecule has 5 nitrogen and oxygen atoms in total. The number of anilines is 1. The van der Waals surface area contributed by atoms with Gasteiger partial charge in [-0.15, -0.1) is 0 Å². The first-order chi connectivity index (χ1) is 15.0. The Bertz CT molecular complexity index is 1230. The molecule has 0 saturated carbocycles. The number of aromatic nitrogens is 1. The van der Waals surface area contributed by atoms with Crippen LogP contribution < -0.4 is 10.1 Å². The number of rotatable bonds is 6. The van der Waals surface area contributed by atoms with Gasteiger partial charge in [-0.1, -0.05) is 32.0 Å². The number of methoxy groups -OCH3 is 1. The van der Waals surface area contributed by atoms with Crippen LogP contribution in [0.2, 0.25) is 0 Å². The molecule has 31 heavy (non-hydrogen) atoms. The van der Waals surface area contributed by atoms with E-state index in [2.05, 4.69) is 36.3 Å². The van der Waals surface area contributed by atoms with E-state index in [1.807, 2.05) is 49.4 Å². The molecule has 1 aromatic heterocycles. The summed E-state index contributed by atoms with van der Waals surface area (Å²) in [5.74, 6) is 1.42. The number of aryl methyl sites for hydroxylation is 1. The number of fused-ring (bicyclic) bond motifs is 1. The van der Waals surface area contributed by atoms with Gasteiger partial charge < -0.3 is 14.5 Å². The molecule has 0 radical (unpaired) electrons. The fraction of sp³-hybridized carbons (Fsp3) is 0.231. The minimum atomic E-state index is -0.215. The van der Waals surface area contributed by atoms with Crippen molar-refractivity contribution in [1.29, 1.82) is 0 Å². The van der Waals surface area contributed by atoms with E-state index in [1.54, 1.807) is 13.2 Å². The van der Waals surface area contributed by atoms with Crippen molar-refractivity contribution < 1.29 is 13.9 Å². The number of para-hydroxylation sites is 1. The van der Waals surface area contributed by atoms with Gasteiger partial charge in [0.05, 0.1) is 12.7 Å². The second-order valence-electron chi connectivity index (χ2n) is 7.74. The Kier molecular flexibility index (Phi) is 5.76. The number of ether oxygens (including phenoxy) is 1. The van der Waals surface area contributed by atoms with Crippen LogP contribution in [0.5, 0.6) is 5.75 Å². The summed E-state index contributed by atoms with van der Waals surface area (Å²) in [5.41, 5.74) is 5.85. The van der Waals surface area contributed by atoms with Gasteiger partial charge in [-0.25, -0.2) is 4.98 Å². The Morgan fingerprint density at radius 3 is 2.61 bits per heavy atom. The van der Waals surface area contributed by atoms with Crippen molar-refractivity contribution in [2.24, 2.45) is 0 Å². The predicted octanol–water partition coefficient (Wildman–Crippen LogP) is 6.58. The lowest BCUT2D eigenvalue weighted by molar-refractivity contribution is 0.102. The van der Waals surface area contributed by atoms with E-state index in [0.29, 0.717) is 28.8 Å². The maximum atomic E-state index is 12.7. The van der Waals surface area contributed by atoms with E-state index in [-0.39, 0.29) is 5.91 Å². The van der Waals surface area contributed by atoms with Gasteiger partial charge in [-0.3, -0.25) is 4.79 Å². The smallest absolute Gasteiger partial charge is 0.259 e. The predicted molar refractivity (Wildman–Crippen MR) is 124 cm³/mol. The lowest BCUT2D eigenvalue weighted by Gasteiger charge is -2.11. The molecule has 0 spiro atoms. The summed E-state index contributed by atoms with van der Waals surface area (Å²) in [6.45, 7) is 6.30. The highest BCUT2D eigenvalue weighted by molar-refractivity contribution is 6.06. The van der Waals surface area contributed by atoms with E-state index in [9.17, 15) is 4.79 Å². The molecule has 3 aromatic carbocycles.